The van der Waals surface area contributed by atoms with Crippen molar-refractivity contribution < 1.29 is 38.2 Å². The normalized spacial score (nSPS) is 20.3. The van der Waals surface area contributed by atoms with Gasteiger partial charge in [0.2, 0.25) is 11.8 Å². The van der Waals surface area contributed by atoms with Crippen molar-refractivity contribution in [2.75, 3.05) is 36.1 Å². The molecule has 188 valence electrons. The standard InChI is InChI=1S/C23H28N4O8/c1-14(29)9-16(12-28)24-21(31)11-27-20-6-4-3-5-19(20)26(15(2)30)10-18(22(27)32)25-23(33)35-17-7-8-34-13-17/h3-6,12,16-18H,7-11,13H2,1-2H3,(H,24,31)(H,25,33)/t16-,17-,18-/m0/s1. The third-order valence-corrected chi connectivity index (χ3v) is 5.55. The number of carbonyl (C=O) groups excluding carboxylic acids is 6. The SMILES string of the molecule is CC(=O)C[C@@H](C=O)NC(=O)CN1C(=O)[C@@H](NC(=O)O[C@H]2CCOC2)CN(C(C)=O)c2ccccc21. The number of Topliss-reactive ketones (excluding diaryl/α,β-unsaturated/α-hetero) is 1. The van der Waals surface area contributed by atoms with Crippen LogP contribution in [0.1, 0.15) is 26.7 Å². The Balaban J connectivity index is 1.86. The maximum absolute atomic E-state index is 13.5. The highest BCUT2D eigenvalue weighted by Gasteiger charge is 2.37. The summed E-state index contributed by atoms with van der Waals surface area (Å²) in [4.78, 5) is 76.2. The van der Waals surface area contributed by atoms with Crippen molar-refractivity contribution in [1.29, 1.82) is 0 Å². The first-order valence-corrected chi connectivity index (χ1v) is 11.2. The molecule has 35 heavy (non-hydrogen) atoms. The molecular weight excluding hydrogens is 460 g/mol. The lowest BCUT2D eigenvalue weighted by molar-refractivity contribution is -0.127. The Morgan fingerprint density at radius 1 is 1.20 bits per heavy atom. The molecule has 0 aliphatic carbocycles. The maximum Gasteiger partial charge on any atom is 0.408 e. The van der Waals surface area contributed by atoms with Crippen LogP contribution in [0.5, 0.6) is 0 Å². The molecular formula is C23H28N4O8. The van der Waals surface area contributed by atoms with Crippen LogP contribution < -0.4 is 20.4 Å². The van der Waals surface area contributed by atoms with E-state index in [0.717, 1.165) is 4.90 Å². The number of rotatable bonds is 8. The Morgan fingerprint density at radius 2 is 1.91 bits per heavy atom. The zero-order chi connectivity index (χ0) is 25.5. The lowest BCUT2D eigenvalue weighted by atomic mass is 10.1. The van der Waals surface area contributed by atoms with E-state index < -0.39 is 42.6 Å². The predicted molar refractivity (Wildman–Crippen MR) is 123 cm³/mol. The van der Waals surface area contributed by atoms with Gasteiger partial charge in [-0.1, -0.05) is 12.1 Å². The van der Waals surface area contributed by atoms with Crippen LogP contribution in [0.25, 0.3) is 0 Å². The number of hydrogen-bond acceptors (Lipinski definition) is 8. The third kappa shape index (κ3) is 6.63. The molecule has 0 unspecified atom stereocenters. The van der Waals surface area contributed by atoms with E-state index in [1.807, 2.05) is 0 Å². The van der Waals surface area contributed by atoms with Gasteiger partial charge < -0.3 is 29.8 Å². The van der Waals surface area contributed by atoms with Gasteiger partial charge in [-0.3, -0.25) is 24.1 Å². The molecule has 1 aromatic carbocycles. The van der Waals surface area contributed by atoms with Crippen LogP contribution in [0.4, 0.5) is 16.2 Å². The van der Waals surface area contributed by atoms with Crippen LogP contribution in [-0.4, -0.2) is 80.4 Å². The molecule has 2 aliphatic heterocycles. The molecule has 2 N–H and O–H groups in total. The minimum absolute atomic E-state index is 0.180. The quantitative estimate of drug-likeness (QED) is 0.483. The van der Waals surface area contributed by atoms with E-state index >= 15 is 0 Å². The summed E-state index contributed by atoms with van der Waals surface area (Å²) in [5, 5.41) is 4.93. The van der Waals surface area contributed by atoms with Gasteiger partial charge in [0.15, 0.2) is 0 Å². The van der Waals surface area contributed by atoms with Gasteiger partial charge in [-0.2, -0.15) is 0 Å². The fourth-order valence-electron chi connectivity index (χ4n) is 3.93. The second-order valence-corrected chi connectivity index (χ2v) is 8.35. The Hall–Kier alpha value is -3.80. The molecule has 3 atom stereocenters. The highest BCUT2D eigenvalue weighted by Crippen LogP contribution is 2.32. The number of anilines is 2. The summed E-state index contributed by atoms with van der Waals surface area (Å²) in [5.74, 6) is -1.99. The van der Waals surface area contributed by atoms with Crippen LogP contribution in [0, 0.1) is 0 Å². The average Bonchev–Trinajstić information content (AvgIpc) is 3.28. The average molecular weight is 488 g/mol. The van der Waals surface area contributed by atoms with E-state index in [1.54, 1.807) is 24.3 Å². The first kappa shape index (κ1) is 25.8. The summed E-state index contributed by atoms with van der Waals surface area (Å²) in [6, 6.07) is 4.25. The second kappa shape index (κ2) is 11.6. The van der Waals surface area contributed by atoms with Crippen LogP contribution in [-0.2, 0) is 33.4 Å². The lowest BCUT2D eigenvalue weighted by Gasteiger charge is -2.25. The topological polar surface area (TPSA) is 151 Å². The monoisotopic (exact) mass is 488 g/mol. The molecule has 0 radical (unpaired) electrons. The van der Waals surface area contributed by atoms with Gasteiger partial charge in [-0.15, -0.1) is 0 Å². The smallest absolute Gasteiger partial charge is 0.408 e. The highest BCUT2D eigenvalue weighted by atomic mass is 16.6. The number of fused-ring (bicyclic) bond motifs is 1. The van der Waals surface area contributed by atoms with E-state index in [1.165, 1.54) is 18.7 Å². The van der Waals surface area contributed by atoms with Gasteiger partial charge in [0.05, 0.1) is 37.2 Å². The number of nitrogens with zero attached hydrogens (tertiary/aromatic N) is 2. The number of hydrogen-bond donors (Lipinski definition) is 2. The molecule has 2 aliphatic rings. The zero-order valence-corrected chi connectivity index (χ0v) is 19.5. The van der Waals surface area contributed by atoms with Gasteiger partial charge in [0.25, 0.3) is 5.91 Å². The van der Waals surface area contributed by atoms with Crippen molar-refractivity contribution in [3.8, 4) is 0 Å². The molecule has 0 aromatic heterocycles. The van der Waals surface area contributed by atoms with E-state index in [9.17, 15) is 28.8 Å². The van der Waals surface area contributed by atoms with E-state index in [0.29, 0.717) is 25.0 Å². The fourth-order valence-corrected chi connectivity index (χ4v) is 3.93. The minimum atomic E-state index is -1.21. The largest absolute Gasteiger partial charge is 0.444 e. The summed E-state index contributed by atoms with van der Waals surface area (Å²) in [6.45, 7) is 2.64. The summed E-state index contributed by atoms with van der Waals surface area (Å²) in [7, 11) is 0. The molecule has 12 nitrogen and oxygen atoms in total. The summed E-state index contributed by atoms with van der Waals surface area (Å²) in [6.07, 6.45) is -0.497. The Labute approximate surface area is 201 Å². The number of benzene rings is 1. The van der Waals surface area contributed by atoms with Gasteiger partial charge in [-0.05, 0) is 19.1 Å². The van der Waals surface area contributed by atoms with Gasteiger partial charge in [0.1, 0.15) is 30.8 Å². The fraction of sp³-hybridized carbons (Fsp3) is 0.478. The maximum atomic E-state index is 13.5. The molecule has 1 fully saturated rings. The number of aldehydes is 1. The Kier molecular flexibility index (Phi) is 8.53. The summed E-state index contributed by atoms with van der Waals surface area (Å²) in [5.41, 5.74) is 0.651. The first-order chi connectivity index (χ1) is 16.7. The number of ketones is 1. The van der Waals surface area contributed by atoms with Crippen LogP contribution in [0.2, 0.25) is 0 Å². The second-order valence-electron chi connectivity index (χ2n) is 8.35. The number of para-hydroxylation sites is 2. The zero-order valence-electron chi connectivity index (χ0n) is 19.5. The van der Waals surface area contributed by atoms with Crippen LogP contribution >= 0.6 is 0 Å². The molecule has 4 amide bonds. The summed E-state index contributed by atoms with van der Waals surface area (Å²) >= 11 is 0. The van der Waals surface area contributed by atoms with Crippen molar-refractivity contribution >= 4 is 47.3 Å². The minimum Gasteiger partial charge on any atom is -0.444 e. The van der Waals surface area contributed by atoms with Crippen LogP contribution in [0.15, 0.2) is 24.3 Å². The molecule has 1 aromatic rings. The number of alkyl carbamates (subject to hydrolysis) is 1. The number of nitrogens with one attached hydrogen (secondary N) is 2. The van der Waals surface area contributed by atoms with E-state index in [4.69, 9.17) is 9.47 Å². The van der Waals surface area contributed by atoms with Crippen LogP contribution in [0.3, 0.4) is 0 Å². The third-order valence-electron chi connectivity index (χ3n) is 5.55. The van der Waals surface area contributed by atoms with Crippen molar-refractivity contribution in [3.05, 3.63) is 24.3 Å². The molecule has 3 rings (SSSR count). The molecule has 1 saturated heterocycles. The number of amides is 4. The highest BCUT2D eigenvalue weighted by molar-refractivity contribution is 6.09. The molecule has 2 heterocycles. The van der Waals surface area contributed by atoms with Crippen molar-refractivity contribution in [2.24, 2.45) is 0 Å². The molecule has 0 saturated carbocycles. The van der Waals surface area contributed by atoms with E-state index in [-0.39, 0.29) is 37.0 Å². The first-order valence-electron chi connectivity index (χ1n) is 11.2. The van der Waals surface area contributed by atoms with Gasteiger partial charge in [0, 0.05) is 19.8 Å². The number of carbonyl (C=O) groups is 6. The lowest BCUT2D eigenvalue weighted by Crippen LogP contribution is -2.55. The van der Waals surface area contributed by atoms with Crippen molar-refractivity contribution in [2.45, 2.75) is 44.9 Å². The molecule has 0 bridgehead atoms. The van der Waals surface area contributed by atoms with E-state index in [2.05, 4.69) is 10.6 Å². The van der Waals surface area contributed by atoms with Gasteiger partial charge >= 0.3 is 6.09 Å². The number of ether oxygens (including phenoxy) is 2. The Bertz CT molecular complexity index is 1010. The summed E-state index contributed by atoms with van der Waals surface area (Å²) < 4.78 is 10.5. The predicted octanol–water partition coefficient (Wildman–Crippen LogP) is -0.0674. The van der Waals surface area contributed by atoms with Crippen molar-refractivity contribution in [3.63, 3.8) is 0 Å². The van der Waals surface area contributed by atoms with Crippen molar-refractivity contribution in [1.82, 2.24) is 10.6 Å². The molecule has 0 spiro atoms. The van der Waals surface area contributed by atoms with Gasteiger partial charge in [-0.25, -0.2) is 4.79 Å². The Morgan fingerprint density at radius 3 is 2.51 bits per heavy atom. The molecule has 12 heteroatoms.